The minimum absolute atomic E-state index is 0. The molecule has 0 aromatic carbocycles. The van der Waals surface area contributed by atoms with Crippen molar-refractivity contribution in [2.75, 3.05) is 16.6 Å². The van der Waals surface area contributed by atoms with Gasteiger partial charge in [0.2, 0.25) is 5.08 Å². The van der Waals surface area contributed by atoms with E-state index in [1.807, 2.05) is 0 Å². The molecule has 19 heteroatoms. The van der Waals surface area contributed by atoms with Gasteiger partial charge in [-0.15, -0.1) is 0 Å². The zero-order valence-corrected chi connectivity index (χ0v) is 18.2. The van der Waals surface area contributed by atoms with Crippen LogP contribution in [0.3, 0.4) is 0 Å². The summed E-state index contributed by atoms with van der Waals surface area (Å²) >= 11 is 0. The first-order valence-corrected chi connectivity index (χ1v) is 10.1. The molecule has 0 amide bonds. The molecule has 0 unspecified atom stereocenters. The third-order valence-corrected chi connectivity index (χ3v) is 4.93. The fraction of sp³-hybridized carbons (Fsp3) is 1.00. The van der Waals surface area contributed by atoms with Crippen LogP contribution in [0, 0.1) is 0 Å². The predicted octanol–water partition coefficient (Wildman–Crippen LogP) is -4.08. The summed E-state index contributed by atoms with van der Waals surface area (Å²) < 4.78 is 113. The molecule has 0 radical (unpaired) electrons. The van der Waals surface area contributed by atoms with Gasteiger partial charge in [0.05, 0.1) is 31.7 Å². The van der Waals surface area contributed by atoms with Crippen LogP contribution in [-0.4, -0.2) is 144 Å². The molecule has 22 heavy (non-hydrogen) atoms. The monoisotopic (exact) mass is 460 g/mol. The summed E-state index contributed by atoms with van der Waals surface area (Å²) in [5.41, 5.74) is 0. The van der Waals surface area contributed by atoms with Gasteiger partial charge in [-0.25, -0.2) is 16.8 Å². The summed E-state index contributed by atoms with van der Waals surface area (Å²) in [5.74, 6) is -2.31. The molecule has 0 heterocycles. The quantitative estimate of drug-likeness (QED) is 0.293. The van der Waals surface area contributed by atoms with Crippen LogP contribution in [0.25, 0.3) is 0 Å². The van der Waals surface area contributed by atoms with E-state index in [0.29, 0.717) is 0 Å². The average Bonchev–Trinajstić information content (AvgIpc) is 1.91. The van der Waals surface area contributed by atoms with Crippen LogP contribution in [0.5, 0.6) is 0 Å². The van der Waals surface area contributed by atoms with Crippen molar-refractivity contribution in [3.8, 4) is 0 Å². The molecule has 2 N–H and O–H groups in total. The van der Waals surface area contributed by atoms with Crippen molar-refractivity contribution in [3.63, 3.8) is 0 Å². The van der Waals surface area contributed by atoms with Crippen LogP contribution in [0.4, 0.5) is 0 Å². The van der Waals surface area contributed by atoms with E-state index in [9.17, 15) is 42.8 Å². The van der Waals surface area contributed by atoms with E-state index in [4.69, 9.17) is 9.11 Å². The average molecular weight is 461 g/mol. The molecule has 0 aliphatic rings. The molecule has 0 aromatic heterocycles. The normalized spacial score (nSPS) is 11.6. The minimum Gasteiger partial charge on any atom is -2.00 e. The Labute approximate surface area is 187 Å². The second-order valence-electron chi connectivity index (χ2n) is 2.81. The van der Waals surface area contributed by atoms with Crippen molar-refractivity contribution in [2.45, 2.75) is 0 Å². The van der Waals surface area contributed by atoms with Crippen molar-refractivity contribution in [1.29, 1.82) is 0 Å². The largest absolute Gasteiger partial charge is 2.00 e. The summed E-state index contributed by atoms with van der Waals surface area (Å²) in [6, 6.07) is 0. The molecule has 13 nitrogen and oxygen atoms in total. The molecule has 126 valence electrons. The molecule has 0 saturated carbocycles. The molecule has 0 spiro atoms. The van der Waals surface area contributed by atoms with Gasteiger partial charge in [0.1, 0.15) is 0 Å². The summed E-state index contributed by atoms with van der Waals surface area (Å²) in [7, 11) is -18.4. The number of hydrogen-bond donors (Lipinski definition) is 2. The molecule has 0 rings (SSSR count). The van der Waals surface area contributed by atoms with Crippen molar-refractivity contribution in [3.05, 3.63) is 0 Å². The van der Waals surface area contributed by atoms with Crippen LogP contribution >= 0.6 is 0 Å². The molecule has 0 aliphatic carbocycles. The van der Waals surface area contributed by atoms with E-state index >= 15 is 0 Å². The van der Waals surface area contributed by atoms with E-state index < -0.39 is 57.1 Å². The topological polar surface area (TPSA) is 252 Å². The summed E-state index contributed by atoms with van der Waals surface area (Å²) in [4.78, 5) is 0. The fourth-order valence-electron chi connectivity index (χ4n) is 0.392. The molecule has 0 aromatic rings. The molecular weight excluding hydrogens is 452 g/mol. The van der Waals surface area contributed by atoms with Gasteiger partial charge in [0, 0.05) is 0 Å². The van der Waals surface area contributed by atoms with E-state index in [1.54, 1.807) is 0 Å². The minimum atomic E-state index is -4.62. The maximum atomic E-state index is 9.72. The van der Waals surface area contributed by atoms with E-state index in [-0.39, 0.29) is 81.0 Å². The first-order valence-electron chi connectivity index (χ1n) is 3.69. The van der Waals surface area contributed by atoms with E-state index in [2.05, 4.69) is 0 Å². The molecule has 0 aliphatic heterocycles. The molecular formula is C3H8Ca2O13S4. The van der Waals surface area contributed by atoms with Gasteiger partial charge in [-0.3, -0.25) is 9.11 Å². The van der Waals surface area contributed by atoms with Crippen LogP contribution in [-0.2, 0) is 45.9 Å². The second-order valence-corrected chi connectivity index (χ2v) is 9.12. The van der Waals surface area contributed by atoms with Crippen LogP contribution in [0.1, 0.15) is 0 Å². The van der Waals surface area contributed by atoms with Crippen molar-refractivity contribution < 1.29 is 57.4 Å². The van der Waals surface area contributed by atoms with Crippen molar-refractivity contribution >= 4 is 116 Å². The zero-order chi connectivity index (χ0) is 16.1. The molecule has 0 saturated heterocycles. The Morgan fingerprint density at radius 1 is 0.636 bits per heavy atom. The van der Waals surface area contributed by atoms with Crippen LogP contribution in [0.2, 0.25) is 0 Å². The van der Waals surface area contributed by atoms with Gasteiger partial charge in [-0.05, 0) is 0 Å². The van der Waals surface area contributed by atoms with Crippen molar-refractivity contribution in [2.24, 2.45) is 0 Å². The smallest absolute Gasteiger partial charge is 2.00 e. The Morgan fingerprint density at radius 3 is 0.864 bits per heavy atom. The van der Waals surface area contributed by atoms with Gasteiger partial charge >= 0.3 is 75.5 Å². The maximum Gasteiger partial charge on any atom is 2.00 e. The van der Waals surface area contributed by atoms with Gasteiger partial charge in [0.25, 0.3) is 20.2 Å². The summed E-state index contributed by atoms with van der Waals surface area (Å²) in [6.07, 6.45) is 0. The Bertz CT molecular complexity index is 622. The summed E-state index contributed by atoms with van der Waals surface area (Å²) in [5, 5.41) is -1.65. The standard InChI is InChI=1S/C2H6O6S2.CH4O6S2.2Ca.O/c3-9(4,5)1-2-10(6,7)8;2-8(3,4)1-9(5,6)7;;;/h1-2H2,(H,3,4,5)(H,6,7,8);1H2,(H,2,3,4)(H,5,6,7);;;/q;;2*+2;-2/p-2. The van der Waals surface area contributed by atoms with Crippen LogP contribution in [0.15, 0.2) is 0 Å². The van der Waals surface area contributed by atoms with Crippen molar-refractivity contribution in [1.82, 2.24) is 0 Å². The first-order chi connectivity index (χ1) is 7.91. The Kier molecular flexibility index (Phi) is 21.4. The van der Waals surface area contributed by atoms with Gasteiger partial charge in [-0.2, -0.15) is 16.8 Å². The zero-order valence-electron chi connectivity index (χ0n) is 10.6. The van der Waals surface area contributed by atoms with Crippen LogP contribution < -0.4 is 0 Å². The second kappa shape index (κ2) is 13.3. The molecule has 0 bridgehead atoms. The third-order valence-electron chi connectivity index (χ3n) is 0.881. The number of hydrogen-bond acceptors (Lipinski definition) is 10. The van der Waals surface area contributed by atoms with Gasteiger partial charge in [0.15, 0.2) is 0 Å². The number of rotatable bonds is 5. The Hall–Kier alpha value is 2.12. The Balaban J connectivity index is -0.0000000774. The van der Waals surface area contributed by atoms with E-state index in [1.165, 1.54) is 0 Å². The summed E-state index contributed by atoms with van der Waals surface area (Å²) in [6.45, 7) is 0. The SMILES string of the molecule is O=S(=O)(O)CS(=O)(=O)O.O=S(=O)([O-])CCS(=O)(=O)[O-].[Ca+2].[Ca+2].[O-2]. The van der Waals surface area contributed by atoms with E-state index in [0.717, 1.165) is 0 Å². The predicted molar refractivity (Wildman–Crippen MR) is 69.3 cm³/mol. The van der Waals surface area contributed by atoms with Gasteiger partial charge in [-0.1, -0.05) is 0 Å². The molecule has 0 atom stereocenters. The van der Waals surface area contributed by atoms with Gasteiger partial charge < -0.3 is 14.6 Å². The fourth-order valence-corrected chi connectivity index (χ4v) is 3.53. The maximum absolute atomic E-state index is 9.72. The molecule has 0 fully saturated rings. The first kappa shape index (κ1) is 35.3. The Morgan fingerprint density at radius 2 is 0.818 bits per heavy atom. The third kappa shape index (κ3) is 43.2.